The Hall–Kier alpha value is -2.89. The minimum absolute atomic E-state index is 0.00138. The van der Waals surface area contributed by atoms with Crippen molar-refractivity contribution in [2.24, 2.45) is 5.92 Å². The molecule has 3 amide bonds. The fourth-order valence-corrected chi connectivity index (χ4v) is 3.14. The third kappa shape index (κ3) is 4.39. The number of imide groups is 1. The second kappa shape index (κ2) is 8.47. The summed E-state index contributed by atoms with van der Waals surface area (Å²) in [5.74, 6) is -0.459. The van der Waals surface area contributed by atoms with Crippen molar-refractivity contribution < 1.29 is 9.59 Å². The highest BCUT2D eigenvalue weighted by atomic mass is 16.2. The number of urea groups is 1. The van der Waals surface area contributed by atoms with Crippen molar-refractivity contribution in [3.63, 3.8) is 0 Å². The summed E-state index contributed by atoms with van der Waals surface area (Å²) in [7, 11) is 0. The lowest BCUT2D eigenvalue weighted by atomic mass is 9.86. The van der Waals surface area contributed by atoms with E-state index in [1.807, 2.05) is 6.92 Å². The molecule has 0 radical (unpaired) electrons. The largest absolute Gasteiger partial charge is 0.335 e. The number of nitriles is 1. The molecular formula is C17H23N5O4. The first kappa shape index (κ1) is 19.4. The monoisotopic (exact) mass is 361 g/mol. The van der Waals surface area contributed by atoms with Crippen LogP contribution in [-0.4, -0.2) is 27.1 Å². The minimum atomic E-state index is -0.848. The molecule has 1 aromatic rings. The van der Waals surface area contributed by atoms with Gasteiger partial charge in [-0.3, -0.25) is 19.5 Å². The van der Waals surface area contributed by atoms with Crippen LogP contribution >= 0.6 is 0 Å². The van der Waals surface area contributed by atoms with Crippen molar-refractivity contribution in [3.05, 3.63) is 32.6 Å². The van der Waals surface area contributed by atoms with Gasteiger partial charge in [0.05, 0.1) is 0 Å². The Kier molecular flexibility index (Phi) is 6.33. The molecule has 0 spiro atoms. The zero-order valence-corrected chi connectivity index (χ0v) is 14.9. The fourth-order valence-electron chi connectivity index (χ4n) is 3.14. The second-order valence-corrected chi connectivity index (χ2v) is 6.50. The Balaban J connectivity index is 2.08. The van der Waals surface area contributed by atoms with E-state index < -0.39 is 29.7 Å². The van der Waals surface area contributed by atoms with Gasteiger partial charge in [0.2, 0.25) is 5.91 Å². The first-order chi connectivity index (χ1) is 12.4. The third-order valence-electron chi connectivity index (χ3n) is 4.68. The van der Waals surface area contributed by atoms with Gasteiger partial charge in [0.15, 0.2) is 0 Å². The zero-order valence-electron chi connectivity index (χ0n) is 14.9. The van der Waals surface area contributed by atoms with Gasteiger partial charge in [-0.05, 0) is 25.7 Å². The summed E-state index contributed by atoms with van der Waals surface area (Å²) in [6.45, 7) is 3.35. The molecule has 2 atom stereocenters. The van der Waals surface area contributed by atoms with E-state index in [1.54, 1.807) is 13.0 Å². The van der Waals surface area contributed by atoms with Crippen LogP contribution in [0.5, 0.6) is 0 Å². The van der Waals surface area contributed by atoms with E-state index in [0.29, 0.717) is 10.5 Å². The molecule has 140 valence electrons. The summed E-state index contributed by atoms with van der Waals surface area (Å²) in [6, 6.07) is 1.06. The maximum atomic E-state index is 12.2. The number of hydrogen-bond acceptors (Lipinski definition) is 5. The van der Waals surface area contributed by atoms with Crippen LogP contribution in [0.4, 0.5) is 4.79 Å². The zero-order chi connectivity index (χ0) is 19.3. The summed E-state index contributed by atoms with van der Waals surface area (Å²) in [5.41, 5.74) is -1.79. The number of amides is 3. The predicted molar refractivity (Wildman–Crippen MR) is 93.4 cm³/mol. The number of nitrogens with one attached hydrogen (secondary N) is 2. The number of carbonyl (C=O) groups is 2. The van der Waals surface area contributed by atoms with Gasteiger partial charge in [-0.15, -0.1) is 0 Å². The summed E-state index contributed by atoms with van der Waals surface area (Å²) in [6.07, 6.45) is 5.19. The molecule has 1 aliphatic rings. The van der Waals surface area contributed by atoms with Crippen LogP contribution < -0.4 is 21.9 Å². The van der Waals surface area contributed by atoms with E-state index in [2.05, 4.69) is 10.6 Å². The average Bonchev–Trinajstić information content (AvgIpc) is 2.61. The molecule has 1 saturated carbocycles. The van der Waals surface area contributed by atoms with E-state index in [-0.39, 0.29) is 18.2 Å². The minimum Gasteiger partial charge on any atom is -0.335 e. The number of nitrogens with zero attached hydrogens (tertiary/aromatic N) is 3. The maximum Gasteiger partial charge on any atom is 0.331 e. The Morgan fingerprint density at radius 3 is 2.62 bits per heavy atom. The molecule has 1 aliphatic carbocycles. The van der Waals surface area contributed by atoms with Gasteiger partial charge in [0.1, 0.15) is 18.2 Å². The molecule has 0 unspecified atom stereocenters. The van der Waals surface area contributed by atoms with Crippen LogP contribution in [-0.2, 0) is 17.9 Å². The molecule has 9 heteroatoms. The number of hydrogen-bond donors (Lipinski definition) is 2. The van der Waals surface area contributed by atoms with Gasteiger partial charge in [-0.25, -0.2) is 14.2 Å². The first-order valence-electron chi connectivity index (χ1n) is 8.72. The van der Waals surface area contributed by atoms with E-state index in [9.17, 15) is 19.2 Å². The van der Waals surface area contributed by atoms with Gasteiger partial charge in [-0.2, -0.15) is 5.26 Å². The van der Waals surface area contributed by atoms with Crippen LogP contribution in [0.15, 0.2) is 15.8 Å². The smallest absolute Gasteiger partial charge is 0.331 e. The maximum absolute atomic E-state index is 12.2. The van der Waals surface area contributed by atoms with Crippen molar-refractivity contribution >= 4 is 11.9 Å². The SMILES string of the molecule is CCn1cc(C#N)c(=O)n(CC(=O)NC(=O)N[C@@H]2CCCC[C@H]2C)c1=O. The average molecular weight is 361 g/mol. The Morgan fingerprint density at radius 1 is 1.31 bits per heavy atom. The summed E-state index contributed by atoms with van der Waals surface area (Å²) in [4.78, 5) is 48.4. The van der Waals surface area contributed by atoms with Gasteiger partial charge in [0.25, 0.3) is 5.56 Å². The summed E-state index contributed by atoms with van der Waals surface area (Å²) < 4.78 is 1.82. The van der Waals surface area contributed by atoms with Crippen LogP contribution in [0.25, 0.3) is 0 Å². The molecule has 1 fully saturated rings. The van der Waals surface area contributed by atoms with Crippen molar-refractivity contribution in [2.75, 3.05) is 0 Å². The number of carbonyl (C=O) groups excluding carboxylic acids is 2. The van der Waals surface area contributed by atoms with E-state index in [1.165, 1.54) is 0 Å². The molecular weight excluding hydrogens is 338 g/mol. The van der Waals surface area contributed by atoms with Crippen molar-refractivity contribution in [1.82, 2.24) is 19.8 Å². The molecule has 1 aromatic heterocycles. The Labute approximate surface area is 150 Å². The lowest BCUT2D eigenvalue weighted by Gasteiger charge is -2.29. The quantitative estimate of drug-likeness (QED) is 0.798. The lowest BCUT2D eigenvalue weighted by Crippen LogP contribution is -2.50. The van der Waals surface area contributed by atoms with Gasteiger partial charge in [0, 0.05) is 18.8 Å². The summed E-state index contributed by atoms with van der Waals surface area (Å²) >= 11 is 0. The van der Waals surface area contributed by atoms with Crippen molar-refractivity contribution in [2.45, 2.75) is 58.7 Å². The van der Waals surface area contributed by atoms with Crippen molar-refractivity contribution in [3.8, 4) is 6.07 Å². The van der Waals surface area contributed by atoms with Crippen LogP contribution in [0.2, 0.25) is 0 Å². The molecule has 2 rings (SSSR count). The Morgan fingerprint density at radius 2 is 2.00 bits per heavy atom. The predicted octanol–water partition coefficient (Wildman–Crippen LogP) is 0.306. The topological polar surface area (TPSA) is 126 Å². The van der Waals surface area contributed by atoms with Crippen LogP contribution in [0.1, 0.15) is 45.1 Å². The van der Waals surface area contributed by atoms with E-state index in [4.69, 9.17) is 5.26 Å². The molecule has 0 aromatic carbocycles. The molecule has 2 N–H and O–H groups in total. The number of aromatic nitrogens is 2. The van der Waals surface area contributed by atoms with Gasteiger partial charge >= 0.3 is 11.7 Å². The number of aryl methyl sites for hydroxylation is 1. The van der Waals surface area contributed by atoms with Gasteiger partial charge < -0.3 is 5.32 Å². The molecule has 26 heavy (non-hydrogen) atoms. The molecule has 0 bridgehead atoms. The highest BCUT2D eigenvalue weighted by Crippen LogP contribution is 2.23. The molecule has 1 heterocycles. The molecule has 0 saturated heterocycles. The summed E-state index contributed by atoms with van der Waals surface area (Å²) in [5, 5.41) is 13.9. The highest BCUT2D eigenvalue weighted by Gasteiger charge is 2.23. The Bertz CT molecular complexity index is 848. The molecule has 0 aliphatic heterocycles. The van der Waals surface area contributed by atoms with Crippen LogP contribution in [0, 0.1) is 17.2 Å². The fraction of sp³-hybridized carbons (Fsp3) is 0.588. The number of rotatable bonds is 4. The van der Waals surface area contributed by atoms with E-state index in [0.717, 1.165) is 36.4 Å². The van der Waals surface area contributed by atoms with Crippen molar-refractivity contribution in [1.29, 1.82) is 5.26 Å². The highest BCUT2D eigenvalue weighted by molar-refractivity contribution is 5.94. The lowest BCUT2D eigenvalue weighted by molar-refractivity contribution is -0.120. The van der Waals surface area contributed by atoms with E-state index >= 15 is 0 Å². The standard InChI is InChI=1S/C17H23N5O4/c1-3-21-9-12(8-18)15(24)22(17(21)26)10-14(23)20-16(25)19-13-7-5-4-6-11(13)2/h9,11,13H,3-7,10H2,1-2H3,(H2,19,20,23,25)/t11-,13-/m1/s1. The first-order valence-corrected chi connectivity index (χ1v) is 8.72. The second-order valence-electron chi connectivity index (χ2n) is 6.50. The normalized spacial score (nSPS) is 19.4. The van der Waals surface area contributed by atoms with Crippen LogP contribution in [0.3, 0.4) is 0 Å². The molecule has 9 nitrogen and oxygen atoms in total. The van der Waals surface area contributed by atoms with Gasteiger partial charge in [-0.1, -0.05) is 19.8 Å². The third-order valence-corrected chi connectivity index (χ3v) is 4.68.